The highest BCUT2D eigenvalue weighted by Gasteiger charge is 2.11. The van der Waals surface area contributed by atoms with E-state index in [0.717, 1.165) is 0 Å². The minimum Gasteiger partial charge on any atom is -0.364 e. The summed E-state index contributed by atoms with van der Waals surface area (Å²) in [4.78, 5) is 20.3. The molecule has 2 aromatic rings. The molecule has 0 bridgehead atoms. The molecule has 0 aliphatic carbocycles. The summed E-state index contributed by atoms with van der Waals surface area (Å²) in [5.41, 5.74) is 1.52. The highest BCUT2D eigenvalue weighted by Crippen LogP contribution is 2.21. The highest BCUT2D eigenvalue weighted by atomic mass is 35.5. The summed E-state index contributed by atoms with van der Waals surface area (Å²) in [5, 5.41) is 5.35. The van der Waals surface area contributed by atoms with Crippen molar-refractivity contribution in [3.63, 3.8) is 0 Å². The normalized spacial score (nSPS) is 10.4. The Bertz CT molecular complexity index is 583. The van der Waals surface area contributed by atoms with Crippen LogP contribution in [0.2, 0.25) is 5.15 Å². The van der Waals surface area contributed by atoms with Crippen molar-refractivity contribution in [2.75, 3.05) is 5.32 Å². The molecule has 0 radical (unpaired) electrons. The molecular weight excluding hydrogens is 270 g/mol. The Hall–Kier alpha value is -1.46. The largest absolute Gasteiger partial charge is 0.364 e. The number of aromatic nitrogens is 2. The smallest absolute Gasteiger partial charge is 0.156 e. The van der Waals surface area contributed by atoms with Crippen LogP contribution >= 0.6 is 22.9 Å². The topological polar surface area (TPSA) is 54.9 Å². The van der Waals surface area contributed by atoms with Gasteiger partial charge in [0, 0.05) is 4.88 Å². The second kappa shape index (κ2) is 5.46. The summed E-state index contributed by atoms with van der Waals surface area (Å²) in [5.74, 6) is 1.02. The molecule has 0 unspecified atom stereocenters. The predicted octanol–water partition coefficient (Wildman–Crippen LogP) is 3.23. The third kappa shape index (κ3) is 2.68. The van der Waals surface area contributed by atoms with Crippen LogP contribution in [0.4, 0.5) is 5.82 Å². The number of halogens is 1. The fraction of sp³-hybridized carbons (Fsp3) is 0.250. The van der Waals surface area contributed by atoms with E-state index in [1.54, 1.807) is 18.3 Å². The van der Waals surface area contributed by atoms with E-state index in [4.69, 9.17) is 11.6 Å². The van der Waals surface area contributed by atoms with Crippen LogP contribution in [-0.4, -0.2) is 16.3 Å². The van der Waals surface area contributed by atoms with Crippen LogP contribution in [0.25, 0.3) is 0 Å². The Morgan fingerprint density at radius 2 is 2.22 bits per heavy atom. The fourth-order valence-electron chi connectivity index (χ4n) is 1.54. The lowest BCUT2D eigenvalue weighted by atomic mass is 10.3. The standard InChI is InChI=1S/C12H12ClN3OS/c1-7-3-4-18-10(7)5-14-12-9(6-17)11(13)15-8(2)16-12/h3-4,6H,5H2,1-2H3,(H,14,15,16). The Kier molecular flexibility index (Phi) is 3.93. The van der Waals surface area contributed by atoms with Gasteiger partial charge in [-0.2, -0.15) is 0 Å². The van der Waals surface area contributed by atoms with Gasteiger partial charge in [-0.1, -0.05) is 11.6 Å². The number of hydrogen-bond donors (Lipinski definition) is 1. The van der Waals surface area contributed by atoms with Crippen LogP contribution in [0.1, 0.15) is 26.6 Å². The first kappa shape index (κ1) is 13.0. The van der Waals surface area contributed by atoms with Crippen molar-refractivity contribution in [3.05, 3.63) is 38.4 Å². The van der Waals surface area contributed by atoms with Gasteiger partial charge >= 0.3 is 0 Å². The zero-order valence-corrected chi connectivity index (χ0v) is 11.6. The molecule has 94 valence electrons. The van der Waals surface area contributed by atoms with Crippen molar-refractivity contribution in [2.45, 2.75) is 20.4 Å². The monoisotopic (exact) mass is 281 g/mol. The van der Waals surface area contributed by atoms with E-state index in [9.17, 15) is 4.79 Å². The van der Waals surface area contributed by atoms with Crippen molar-refractivity contribution >= 4 is 35.0 Å². The number of rotatable bonds is 4. The molecule has 0 saturated heterocycles. The molecule has 2 rings (SSSR count). The predicted molar refractivity (Wildman–Crippen MR) is 73.5 cm³/mol. The Morgan fingerprint density at radius 1 is 1.44 bits per heavy atom. The van der Waals surface area contributed by atoms with Crippen LogP contribution in [0, 0.1) is 13.8 Å². The number of aryl methyl sites for hydroxylation is 2. The van der Waals surface area contributed by atoms with Crippen molar-refractivity contribution in [3.8, 4) is 0 Å². The highest BCUT2D eigenvalue weighted by molar-refractivity contribution is 7.10. The summed E-state index contributed by atoms with van der Waals surface area (Å²) in [7, 11) is 0. The SMILES string of the molecule is Cc1nc(Cl)c(C=O)c(NCc2sccc2C)n1. The zero-order chi connectivity index (χ0) is 13.1. The van der Waals surface area contributed by atoms with Crippen molar-refractivity contribution in [2.24, 2.45) is 0 Å². The van der Waals surface area contributed by atoms with Crippen LogP contribution in [-0.2, 0) is 6.54 Å². The average Bonchev–Trinajstić information content (AvgIpc) is 2.71. The summed E-state index contributed by atoms with van der Waals surface area (Å²) >= 11 is 7.57. The van der Waals surface area contributed by atoms with Gasteiger partial charge in [0.2, 0.25) is 0 Å². The Labute approximate surface area is 114 Å². The maximum atomic E-state index is 11.0. The summed E-state index contributed by atoms with van der Waals surface area (Å²) in [6, 6.07) is 2.06. The maximum absolute atomic E-state index is 11.0. The van der Waals surface area contributed by atoms with Gasteiger partial charge in [0.1, 0.15) is 16.8 Å². The van der Waals surface area contributed by atoms with E-state index in [1.165, 1.54) is 10.4 Å². The second-order valence-electron chi connectivity index (χ2n) is 3.82. The van der Waals surface area contributed by atoms with Gasteiger partial charge in [0.15, 0.2) is 6.29 Å². The molecule has 0 aliphatic rings. The Balaban J connectivity index is 2.23. The zero-order valence-electron chi connectivity index (χ0n) is 10.0. The number of thiophene rings is 1. The molecule has 1 N–H and O–H groups in total. The third-order valence-corrected chi connectivity index (χ3v) is 3.82. The van der Waals surface area contributed by atoms with Crippen molar-refractivity contribution in [1.82, 2.24) is 9.97 Å². The molecule has 0 saturated carbocycles. The molecule has 0 fully saturated rings. The minimum atomic E-state index is 0.183. The van der Waals surface area contributed by atoms with Crippen LogP contribution in [0.5, 0.6) is 0 Å². The van der Waals surface area contributed by atoms with Crippen molar-refractivity contribution in [1.29, 1.82) is 0 Å². The first-order valence-electron chi connectivity index (χ1n) is 5.38. The molecule has 2 aromatic heterocycles. The minimum absolute atomic E-state index is 0.183. The van der Waals surface area contributed by atoms with Gasteiger partial charge in [-0.05, 0) is 30.9 Å². The van der Waals surface area contributed by atoms with Crippen LogP contribution in [0.15, 0.2) is 11.4 Å². The Morgan fingerprint density at radius 3 is 2.83 bits per heavy atom. The molecule has 0 amide bonds. The van der Waals surface area contributed by atoms with Crippen molar-refractivity contribution < 1.29 is 4.79 Å². The van der Waals surface area contributed by atoms with Gasteiger partial charge in [-0.3, -0.25) is 4.79 Å². The third-order valence-electron chi connectivity index (χ3n) is 2.51. The van der Waals surface area contributed by atoms with Gasteiger partial charge in [-0.25, -0.2) is 9.97 Å². The number of carbonyl (C=O) groups is 1. The number of aldehydes is 1. The van der Waals surface area contributed by atoms with Gasteiger partial charge in [0.05, 0.1) is 12.1 Å². The number of anilines is 1. The summed E-state index contributed by atoms with van der Waals surface area (Å²) in [6.45, 7) is 4.41. The van der Waals surface area contributed by atoms with Gasteiger partial charge in [0.25, 0.3) is 0 Å². The number of carbonyl (C=O) groups excluding carboxylic acids is 1. The molecule has 0 atom stereocenters. The lowest BCUT2D eigenvalue weighted by Gasteiger charge is -2.09. The molecule has 0 aromatic carbocycles. The first-order chi connectivity index (χ1) is 8.61. The molecule has 0 aliphatic heterocycles. The first-order valence-corrected chi connectivity index (χ1v) is 6.63. The molecule has 2 heterocycles. The maximum Gasteiger partial charge on any atom is 0.156 e. The summed E-state index contributed by atoms with van der Waals surface area (Å²) < 4.78 is 0. The second-order valence-corrected chi connectivity index (χ2v) is 5.18. The molecule has 18 heavy (non-hydrogen) atoms. The fourth-order valence-corrected chi connectivity index (χ4v) is 2.64. The van der Waals surface area contributed by atoms with E-state index in [-0.39, 0.29) is 5.15 Å². The number of nitrogens with one attached hydrogen (secondary N) is 1. The number of hydrogen-bond acceptors (Lipinski definition) is 5. The van der Waals surface area contributed by atoms with E-state index in [1.807, 2.05) is 12.3 Å². The number of nitrogens with zero attached hydrogens (tertiary/aromatic N) is 2. The van der Waals surface area contributed by atoms with Gasteiger partial charge in [-0.15, -0.1) is 11.3 Å². The lowest BCUT2D eigenvalue weighted by Crippen LogP contribution is -2.07. The lowest BCUT2D eigenvalue weighted by molar-refractivity contribution is 0.112. The van der Waals surface area contributed by atoms with Gasteiger partial charge < -0.3 is 5.32 Å². The average molecular weight is 282 g/mol. The van der Waals surface area contributed by atoms with E-state index in [0.29, 0.717) is 30.0 Å². The molecular formula is C12H12ClN3OS. The molecule has 6 heteroatoms. The van der Waals surface area contributed by atoms with Crippen LogP contribution in [0.3, 0.4) is 0 Å². The molecule has 0 spiro atoms. The quantitative estimate of drug-likeness (QED) is 0.690. The van der Waals surface area contributed by atoms with E-state index >= 15 is 0 Å². The van der Waals surface area contributed by atoms with E-state index < -0.39 is 0 Å². The molecule has 4 nitrogen and oxygen atoms in total. The summed E-state index contributed by atoms with van der Waals surface area (Å²) in [6.07, 6.45) is 0.672. The van der Waals surface area contributed by atoms with E-state index in [2.05, 4.69) is 21.4 Å². The van der Waals surface area contributed by atoms with Crippen LogP contribution < -0.4 is 5.32 Å².